The quantitative estimate of drug-likeness (QED) is 0.556. The first kappa shape index (κ1) is 12.1. The Labute approximate surface area is 114 Å². The molecule has 0 bridgehead atoms. The van der Waals surface area contributed by atoms with Crippen molar-refractivity contribution in [1.29, 1.82) is 0 Å². The molecule has 3 aromatic rings. The number of imidazole rings is 1. The number of para-hydroxylation sites is 1. The molecule has 0 aliphatic rings. The van der Waals surface area contributed by atoms with Crippen molar-refractivity contribution in [1.82, 2.24) is 19.9 Å². The number of methoxy groups -OCH3 is 1. The molecule has 0 amide bonds. The molecule has 2 heterocycles. The van der Waals surface area contributed by atoms with Crippen LogP contribution >= 0.6 is 0 Å². The number of fused-ring (bicyclic) bond motifs is 1. The van der Waals surface area contributed by atoms with E-state index in [4.69, 9.17) is 4.74 Å². The van der Waals surface area contributed by atoms with Crippen LogP contribution in [0, 0.1) is 0 Å². The summed E-state index contributed by atoms with van der Waals surface area (Å²) in [5.74, 6) is 1.33. The summed E-state index contributed by atoms with van der Waals surface area (Å²) in [5, 5.41) is 4.16. The summed E-state index contributed by atoms with van der Waals surface area (Å²) in [7, 11) is 1.62. The van der Waals surface area contributed by atoms with Gasteiger partial charge in [0.1, 0.15) is 17.6 Å². The van der Waals surface area contributed by atoms with Gasteiger partial charge in [0.15, 0.2) is 11.5 Å². The van der Waals surface area contributed by atoms with E-state index in [0.29, 0.717) is 17.0 Å². The fourth-order valence-electron chi connectivity index (χ4n) is 1.79. The maximum Gasteiger partial charge on any atom is 0.182 e. The molecule has 0 fully saturated rings. The second-order valence-corrected chi connectivity index (χ2v) is 3.94. The zero-order valence-corrected chi connectivity index (χ0v) is 10.7. The Morgan fingerprint density at radius 2 is 2.15 bits per heavy atom. The Morgan fingerprint density at radius 3 is 3.05 bits per heavy atom. The van der Waals surface area contributed by atoms with E-state index >= 15 is 0 Å². The van der Waals surface area contributed by atoms with Crippen LogP contribution in [0.25, 0.3) is 11.2 Å². The minimum Gasteiger partial charge on any atom is -0.496 e. The average molecular weight is 268 g/mol. The van der Waals surface area contributed by atoms with Gasteiger partial charge in [-0.05, 0) is 12.1 Å². The molecule has 100 valence electrons. The predicted molar refractivity (Wildman–Crippen MR) is 75.9 cm³/mol. The number of nitrogens with zero attached hydrogens (tertiary/aromatic N) is 4. The van der Waals surface area contributed by atoms with Crippen LogP contribution in [-0.2, 0) is 0 Å². The summed E-state index contributed by atoms with van der Waals surface area (Å²) >= 11 is 0. The van der Waals surface area contributed by atoms with Crippen molar-refractivity contribution < 1.29 is 4.74 Å². The predicted octanol–water partition coefficient (Wildman–Crippen LogP) is 1.81. The lowest BCUT2D eigenvalue weighted by atomic mass is 10.2. The zero-order valence-electron chi connectivity index (χ0n) is 10.7. The molecular formula is C13H12N6O. The third-order valence-corrected chi connectivity index (χ3v) is 2.74. The lowest BCUT2D eigenvalue weighted by molar-refractivity contribution is 0.414. The first-order valence-electron chi connectivity index (χ1n) is 5.94. The van der Waals surface area contributed by atoms with Crippen LogP contribution in [0.3, 0.4) is 0 Å². The van der Waals surface area contributed by atoms with Gasteiger partial charge in [0.2, 0.25) is 0 Å². The van der Waals surface area contributed by atoms with E-state index in [0.717, 1.165) is 11.3 Å². The topological polar surface area (TPSA) is 88.1 Å². The second-order valence-electron chi connectivity index (χ2n) is 3.94. The number of benzene rings is 1. The number of anilines is 1. The maximum atomic E-state index is 5.25. The Kier molecular flexibility index (Phi) is 3.24. The molecular weight excluding hydrogens is 256 g/mol. The number of rotatable bonds is 4. The molecule has 0 unspecified atom stereocenters. The van der Waals surface area contributed by atoms with Crippen LogP contribution in [0.1, 0.15) is 5.56 Å². The first-order valence-corrected chi connectivity index (χ1v) is 5.94. The van der Waals surface area contributed by atoms with Crippen LogP contribution in [0.2, 0.25) is 0 Å². The molecule has 0 saturated heterocycles. The largest absolute Gasteiger partial charge is 0.496 e. The molecule has 0 atom stereocenters. The van der Waals surface area contributed by atoms with Gasteiger partial charge in [-0.1, -0.05) is 12.1 Å². The molecule has 7 nitrogen and oxygen atoms in total. The van der Waals surface area contributed by atoms with Crippen LogP contribution in [0.4, 0.5) is 5.82 Å². The van der Waals surface area contributed by atoms with Crippen LogP contribution in [0.15, 0.2) is 42.0 Å². The number of hydrazone groups is 1. The highest BCUT2D eigenvalue weighted by Crippen LogP contribution is 2.16. The van der Waals surface area contributed by atoms with Gasteiger partial charge in [0, 0.05) is 5.56 Å². The lowest BCUT2D eigenvalue weighted by Crippen LogP contribution is -1.96. The Balaban J connectivity index is 1.82. The van der Waals surface area contributed by atoms with Crippen molar-refractivity contribution >= 4 is 23.2 Å². The smallest absolute Gasteiger partial charge is 0.182 e. The monoisotopic (exact) mass is 268 g/mol. The van der Waals surface area contributed by atoms with Gasteiger partial charge in [-0.15, -0.1) is 0 Å². The van der Waals surface area contributed by atoms with Crippen molar-refractivity contribution in [2.75, 3.05) is 12.5 Å². The fraction of sp³-hybridized carbons (Fsp3) is 0.0769. The van der Waals surface area contributed by atoms with Crippen LogP contribution in [-0.4, -0.2) is 33.3 Å². The van der Waals surface area contributed by atoms with Crippen LogP contribution < -0.4 is 10.2 Å². The summed E-state index contributed by atoms with van der Waals surface area (Å²) < 4.78 is 5.25. The highest BCUT2D eigenvalue weighted by atomic mass is 16.5. The van der Waals surface area contributed by atoms with Crippen molar-refractivity contribution in [3.05, 3.63) is 42.5 Å². The maximum absolute atomic E-state index is 5.25. The Bertz CT molecular complexity index is 751. The summed E-state index contributed by atoms with van der Waals surface area (Å²) in [6.07, 6.45) is 4.67. The van der Waals surface area contributed by atoms with Gasteiger partial charge in [0.05, 0.1) is 19.7 Å². The van der Waals surface area contributed by atoms with E-state index in [9.17, 15) is 0 Å². The van der Waals surface area contributed by atoms with Gasteiger partial charge < -0.3 is 9.72 Å². The first-order chi connectivity index (χ1) is 9.88. The number of aromatic amines is 1. The van der Waals surface area contributed by atoms with E-state index in [2.05, 4.69) is 30.5 Å². The highest BCUT2D eigenvalue weighted by molar-refractivity contribution is 5.86. The molecule has 0 spiro atoms. The highest BCUT2D eigenvalue weighted by Gasteiger charge is 2.04. The van der Waals surface area contributed by atoms with Crippen molar-refractivity contribution in [2.45, 2.75) is 0 Å². The molecule has 7 heteroatoms. The molecule has 2 aromatic heterocycles. The molecule has 0 aliphatic carbocycles. The third kappa shape index (κ3) is 2.28. The Morgan fingerprint density at radius 1 is 1.25 bits per heavy atom. The van der Waals surface area contributed by atoms with E-state index in [1.54, 1.807) is 19.7 Å². The normalized spacial score (nSPS) is 11.1. The Hall–Kier alpha value is -2.96. The number of nitrogens with one attached hydrogen (secondary N) is 2. The fourth-order valence-corrected chi connectivity index (χ4v) is 1.79. The molecule has 0 radical (unpaired) electrons. The minimum atomic E-state index is 0.568. The van der Waals surface area contributed by atoms with Crippen molar-refractivity contribution in [3.63, 3.8) is 0 Å². The number of hydrogen-bond acceptors (Lipinski definition) is 6. The van der Waals surface area contributed by atoms with Gasteiger partial charge >= 0.3 is 0 Å². The van der Waals surface area contributed by atoms with Gasteiger partial charge in [-0.2, -0.15) is 5.10 Å². The van der Waals surface area contributed by atoms with Crippen molar-refractivity contribution in [3.8, 4) is 5.75 Å². The molecule has 3 rings (SSSR count). The molecule has 2 N–H and O–H groups in total. The SMILES string of the molecule is COc1ccccc1C=NNc1ncnc2nc[nH]c12. The zero-order chi connectivity index (χ0) is 13.8. The molecule has 0 aliphatic heterocycles. The average Bonchev–Trinajstić information content (AvgIpc) is 2.97. The van der Waals surface area contributed by atoms with E-state index in [1.807, 2.05) is 24.3 Å². The van der Waals surface area contributed by atoms with Gasteiger partial charge in [-0.25, -0.2) is 15.0 Å². The standard InChI is InChI=1S/C13H12N6O/c1-20-10-5-3-2-4-9(10)6-18-19-13-11-12(15-7-14-11)16-8-17-13/h2-8H,1H3,(H2,14,15,16,17,19). The van der Waals surface area contributed by atoms with Gasteiger partial charge in [-0.3, -0.25) is 5.43 Å². The summed E-state index contributed by atoms with van der Waals surface area (Å²) in [6.45, 7) is 0. The number of aromatic nitrogens is 4. The van der Waals surface area contributed by atoms with Crippen LogP contribution in [0.5, 0.6) is 5.75 Å². The van der Waals surface area contributed by atoms with E-state index in [-0.39, 0.29) is 0 Å². The summed E-state index contributed by atoms with van der Waals surface area (Å²) in [4.78, 5) is 15.2. The van der Waals surface area contributed by atoms with Gasteiger partial charge in [0.25, 0.3) is 0 Å². The minimum absolute atomic E-state index is 0.568. The van der Waals surface area contributed by atoms with E-state index in [1.165, 1.54) is 6.33 Å². The second kappa shape index (κ2) is 5.35. The lowest BCUT2D eigenvalue weighted by Gasteiger charge is -2.03. The van der Waals surface area contributed by atoms with Crippen molar-refractivity contribution in [2.24, 2.45) is 5.10 Å². The summed E-state index contributed by atoms with van der Waals surface area (Å²) in [5.41, 5.74) is 5.04. The van der Waals surface area contributed by atoms with E-state index < -0.39 is 0 Å². The number of hydrogen-bond donors (Lipinski definition) is 2. The molecule has 0 saturated carbocycles. The molecule has 20 heavy (non-hydrogen) atoms. The number of ether oxygens (including phenoxy) is 1. The third-order valence-electron chi connectivity index (χ3n) is 2.74. The number of H-pyrrole nitrogens is 1. The summed E-state index contributed by atoms with van der Waals surface area (Å²) in [6, 6.07) is 7.61. The molecule has 1 aromatic carbocycles.